The average molecular weight is 254 g/mol. The van der Waals surface area contributed by atoms with E-state index in [4.69, 9.17) is 10.2 Å². The first-order chi connectivity index (χ1) is 8.41. The van der Waals surface area contributed by atoms with Gasteiger partial charge in [-0.2, -0.15) is 0 Å². The minimum Gasteiger partial charge on any atom is -0.507 e. The van der Waals surface area contributed by atoms with Gasteiger partial charge in [0, 0.05) is 23.9 Å². The zero-order chi connectivity index (χ0) is 13.8. The topological polar surface area (TPSA) is 116 Å². The minimum atomic E-state index is -1.09. The molecule has 1 aromatic carbocycles. The Bertz CT molecular complexity index is 469. The van der Waals surface area contributed by atoms with Gasteiger partial charge in [-0.1, -0.05) is 0 Å². The Kier molecular flexibility index (Phi) is 4.35. The molecule has 7 nitrogen and oxygen atoms in total. The van der Waals surface area contributed by atoms with E-state index in [9.17, 15) is 15.2 Å². The van der Waals surface area contributed by atoms with Crippen molar-refractivity contribution in [3.05, 3.63) is 33.9 Å². The van der Waals surface area contributed by atoms with Crippen LogP contribution in [-0.4, -0.2) is 45.2 Å². The first-order valence-electron chi connectivity index (χ1n) is 5.16. The van der Waals surface area contributed by atoms with Crippen LogP contribution in [0, 0.1) is 10.1 Å². The van der Waals surface area contributed by atoms with Gasteiger partial charge in [0.1, 0.15) is 11.3 Å². The Balaban J connectivity index is 3.07. The normalized spacial score (nSPS) is 11.9. The van der Waals surface area contributed by atoms with Crippen molar-refractivity contribution < 1.29 is 20.2 Å². The number of aromatic hydroxyl groups is 1. The van der Waals surface area contributed by atoms with Crippen LogP contribution in [0.4, 0.5) is 5.69 Å². The molecule has 0 unspecified atom stereocenters. The molecule has 0 spiro atoms. The molecule has 0 aliphatic rings. The van der Waals surface area contributed by atoms with E-state index in [1.807, 2.05) is 0 Å². The fraction of sp³-hybridized carbons (Fsp3) is 0.364. The van der Waals surface area contributed by atoms with Gasteiger partial charge < -0.3 is 15.3 Å². The van der Waals surface area contributed by atoms with E-state index in [1.165, 1.54) is 25.3 Å². The van der Waals surface area contributed by atoms with Gasteiger partial charge in [0.25, 0.3) is 5.69 Å². The molecule has 0 bridgehead atoms. The van der Waals surface area contributed by atoms with Crippen molar-refractivity contribution in [2.24, 2.45) is 4.99 Å². The third-order valence-corrected chi connectivity index (χ3v) is 2.42. The predicted molar refractivity (Wildman–Crippen MR) is 64.9 cm³/mol. The molecule has 0 atom stereocenters. The Hall–Kier alpha value is -1.99. The number of phenols is 1. The Morgan fingerprint density at radius 3 is 2.56 bits per heavy atom. The molecule has 0 amide bonds. The average Bonchev–Trinajstić information content (AvgIpc) is 2.37. The lowest BCUT2D eigenvalue weighted by Gasteiger charge is -2.18. The lowest BCUT2D eigenvalue weighted by Crippen LogP contribution is -2.31. The first-order valence-corrected chi connectivity index (χ1v) is 5.16. The van der Waals surface area contributed by atoms with E-state index in [1.54, 1.807) is 0 Å². The number of aliphatic hydroxyl groups excluding tert-OH is 2. The van der Waals surface area contributed by atoms with Crippen LogP contribution in [0.2, 0.25) is 0 Å². The molecule has 0 radical (unpaired) electrons. The molecule has 7 heteroatoms. The van der Waals surface area contributed by atoms with Crippen LogP contribution >= 0.6 is 0 Å². The smallest absolute Gasteiger partial charge is 0.270 e. The lowest BCUT2D eigenvalue weighted by atomic mass is 10.1. The highest BCUT2D eigenvalue weighted by atomic mass is 16.6. The molecule has 0 heterocycles. The van der Waals surface area contributed by atoms with Crippen LogP contribution in [0.5, 0.6) is 5.75 Å². The summed E-state index contributed by atoms with van der Waals surface area (Å²) in [6.07, 6.45) is 1.19. The maximum atomic E-state index is 10.6. The van der Waals surface area contributed by atoms with Crippen LogP contribution in [0.3, 0.4) is 0 Å². The summed E-state index contributed by atoms with van der Waals surface area (Å²) >= 11 is 0. The quantitative estimate of drug-likeness (QED) is 0.401. The summed E-state index contributed by atoms with van der Waals surface area (Å²) in [5, 5.41) is 38.2. The van der Waals surface area contributed by atoms with Crippen LogP contribution in [0.1, 0.15) is 12.5 Å². The van der Waals surface area contributed by atoms with Crippen molar-refractivity contribution >= 4 is 11.9 Å². The Morgan fingerprint density at radius 2 is 2.06 bits per heavy atom. The van der Waals surface area contributed by atoms with Crippen molar-refractivity contribution in [1.82, 2.24) is 0 Å². The second-order valence-corrected chi connectivity index (χ2v) is 4.07. The number of hydrogen-bond donors (Lipinski definition) is 3. The number of phenolic OH excluding ortho intramolecular Hbond substituents is 1. The highest BCUT2D eigenvalue weighted by Crippen LogP contribution is 2.22. The summed E-state index contributed by atoms with van der Waals surface area (Å²) < 4.78 is 0. The summed E-state index contributed by atoms with van der Waals surface area (Å²) in [6, 6.07) is 3.52. The van der Waals surface area contributed by atoms with Gasteiger partial charge in [-0.25, -0.2) is 0 Å². The number of aliphatic imine (C=N–C) groups is 1. The van der Waals surface area contributed by atoms with Gasteiger partial charge in [0.15, 0.2) is 0 Å². The lowest BCUT2D eigenvalue weighted by molar-refractivity contribution is -0.384. The van der Waals surface area contributed by atoms with Gasteiger partial charge in [-0.05, 0) is 13.0 Å². The zero-order valence-corrected chi connectivity index (χ0v) is 9.78. The van der Waals surface area contributed by atoms with E-state index in [-0.39, 0.29) is 30.2 Å². The largest absolute Gasteiger partial charge is 0.507 e. The van der Waals surface area contributed by atoms with E-state index in [0.29, 0.717) is 0 Å². The predicted octanol–water partition coefficient (Wildman–Crippen LogP) is 0.463. The second-order valence-electron chi connectivity index (χ2n) is 4.07. The van der Waals surface area contributed by atoms with Crippen molar-refractivity contribution in [3.63, 3.8) is 0 Å². The molecular weight excluding hydrogens is 240 g/mol. The van der Waals surface area contributed by atoms with Crippen molar-refractivity contribution in [2.45, 2.75) is 12.5 Å². The number of nitro benzene ring substituents is 1. The van der Waals surface area contributed by atoms with Crippen molar-refractivity contribution in [3.8, 4) is 5.75 Å². The fourth-order valence-electron chi connectivity index (χ4n) is 1.12. The third-order valence-electron chi connectivity index (χ3n) is 2.42. The molecule has 18 heavy (non-hydrogen) atoms. The molecule has 0 aliphatic heterocycles. The number of benzene rings is 1. The second kappa shape index (κ2) is 5.56. The molecule has 1 aromatic rings. The van der Waals surface area contributed by atoms with Crippen LogP contribution < -0.4 is 0 Å². The van der Waals surface area contributed by atoms with Crippen LogP contribution in [0.25, 0.3) is 0 Å². The summed E-state index contributed by atoms with van der Waals surface area (Å²) in [7, 11) is 0. The zero-order valence-electron chi connectivity index (χ0n) is 9.78. The molecule has 0 aliphatic carbocycles. The van der Waals surface area contributed by atoms with Crippen LogP contribution in [-0.2, 0) is 0 Å². The summed E-state index contributed by atoms with van der Waals surface area (Å²) in [6.45, 7) is 0.753. The first kappa shape index (κ1) is 14.1. The highest BCUT2D eigenvalue weighted by Gasteiger charge is 2.20. The minimum absolute atomic E-state index is 0.150. The van der Waals surface area contributed by atoms with Crippen LogP contribution in [0.15, 0.2) is 23.2 Å². The number of hydrogen-bond acceptors (Lipinski definition) is 6. The number of rotatable bonds is 5. The highest BCUT2D eigenvalue weighted by molar-refractivity contribution is 5.84. The van der Waals surface area contributed by atoms with Gasteiger partial charge in [0.2, 0.25) is 0 Å². The summed E-state index contributed by atoms with van der Waals surface area (Å²) in [5.41, 5.74) is -1.11. The molecule has 0 saturated carbocycles. The van der Waals surface area contributed by atoms with E-state index < -0.39 is 10.5 Å². The Morgan fingerprint density at radius 1 is 1.44 bits per heavy atom. The van der Waals surface area contributed by atoms with E-state index >= 15 is 0 Å². The van der Waals surface area contributed by atoms with Gasteiger partial charge in [-0.15, -0.1) is 0 Å². The van der Waals surface area contributed by atoms with Gasteiger partial charge >= 0.3 is 0 Å². The SMILES string of the molecule is CC(CO)(CO)N=Cc1cc([N+](=O)[O-])ccc1O. The van der Waals surface area contributed by atoms with E-state index in [2.05, 4.69) is 4.99 Å². The van der Waals surface area contributed by atoms with Gasteiger partial charge in [0.05, 0.1) is 18.1 Å². The molecule has 3 N–H and O–H groups in total. The fourth-order valence-corrected chi connectivity index (χ4v) is 1.12. The summed E-state index contributed by atoms with van der Waals surface area (Å²) in [4.78, 5) is 13.9. The van der Waals surface area contributed by atoms with Crippen molar-refractivity contribution in [2.75, 3.05) is 13.2 Å². The van der Waals surface area contributed by atoms with Gasteiger partial charge in [-0.3, -0.25) is 15.1 Å². The molecule has 0 saturated heterocycles. The molecular formula is C11H14N2O5. The standard InChI is InChI=1S/C11H14N2O5/c1-11(6-14,7-15)12-5-8-4-9(13(17)18)2-3-10(8)16/h2-5,14-16H,6-7H2,1H3. The number of nitrogens with zero attached hydrogens (tertiary/aromatic N) is 2. The Labute approximate surface area is 103 Å². The summed E-state index contributed by atoms with van der Waals surface area (Å²) in [5.74, 6) is -0.164. The maximum Gasteiger partial charge on any atom is 0.270 e. The van der Waals surface area contributed by atoms with E-state index in [0.717, 1.165) is 6.07 Å². The number of non-ortho nitro benzene ring substituents is 1. The maximum absolute atomic E-state index is 10.6. The third kappa shape index (κ3) is 3.25. The monoisotopic (exact) mass is 254 g/mol. The molecule has 1 rings (SSSR count). The molecule has 0 aromatic heterocycles. The molecule has 98 valence electrons. The number of aliphatic hydroxyl groups is 2. The number of nitro groups is 1. The molecule has 0 fully saturated rings. The van der Waals surface area contributed by atoms with Crippen molar-refractivity contribution in [1.29, 1.82) is 0 Å².